The van der Waals surface area contributed by atoms with E-state index in [0.29, 0.717) is 13.1 Å². The highest BCUT2D eigenvalue weighted by atomic mass is 32.2. The summed E-state index contributed by atoms with van der Waals surface area (Å²) in [7, 11) is -3.01. The van der Waals surface area contributed by atoms with Crippen molar-refractivity contribution in [1.82, 2.24) is 4.31 Å². The lowest BCUT2D eigenvalue weighted by Crippen LogP contribution is -2.44. The van der Waals surface area contributed by atoms with E-state index >= 15 is 0 Å². The third-order valence-electron chi connectivity index (χ3n) is 3.97. The number of sulfonamides is 1. The number of rotatable bonds is 2. The Bertz CT molecular complexity index is 413. The first-order chi connectivity index (χ1) is 7.82. The molecule has 0 amide bonds. The molecule has 0 N–H and O–H groups in total. The molecule has 1 heterocycles. The van der Waals surface area contributed by atoms with Gasteiger partial charge in [0, 0.05) is 13.1 Å². The lowest BCUT2D eigenvalue weighted by Gasteiger charge is -2.35. The molecule has 1 aliphatic heterocycles. The van der Waals surface area contributed by atoms with Gasteiger partial charge < -0.3 is 0 Å². The van der Waals surface area contributed by atoms with E-state index in [0.717, 1.165) is 25.7 Å². The third-order valence-corrected chi connectivity index (χ3v) is 6.33. The third kappa shape index (κ3) is 2.58. The summed E-state index contributed by atoms with van der Waals surface area (Å²) in [5.74, 6) is 0. The van der Waals surface area contributed by atoms with E-state index in [4.69, 9.17) is 0 Å². The van der Waals surface area contributed by atoms with Crippen molar-refractivity contribution in [2.75, 3.05) is 13.1 Å². The van der Waals surface area contributed by atoms with Crippen LogP contribution in [-0.4, -0.2) is 31.1 Å². The molecule has 0 radical (unpaired) electrons. The molecule has 1 aliphatic carbocycles. The van der Waals surface area contributed by atoms with E-state index in [1.54, 1.807) is 4.31 Å². The summed E-state index contributed by atoms with van der Waals surface area (Å²) in [6.07, 6.45) is 5.78. The second kappa shape index (κ2) is 4.39. The number of hydrogen-bond acceptors (Lipinski definition) is 2. The average molecular weight is 257 g/mol. The summed E-state index contributed by atoms with van der Waals surface area (Å²) in [4.78, 5) is 0. The van der Waals surface area contributed by atoms with Gasteiger partial charge in [-0.2, -0.15) is 4.31 Å². The van der Waals surface area contributed by atoms with Gasteiger partial charge in [-0.15, -0.1) is 0 Å². The molecule has 0 aromatic carbocycles. The van der Waals surface area contributed by atoms with Crippen LogP contribution in [0.15, 0.2) is 11.6 Å². The van der Waals surface area contributed by atoms with E-state index in [-0.39, 0.29) is 10.7 Å². The Hall–Kier alpha value is -0.350. The van der Waals surface area contributed by atoms with Crippen molar-refractivity contribution in [3.63, 3.8) is 0 Å². The summed E-state index contributed by atoms with van der Waals surface area (Å²) in [6.45, 7) is 7.81. The molecular formula is C13H23NO2S. The first kappa shape index (κ1) is 13.1. The topological polar surface area (TPSA) is 37.4 Å². The maximum atomic E-state index is 12.2. The first-order valence-corrected chi connectivity index (χ1v) is 8.00. The van der Waals surface area contributed by atoms with Crippen molar-refractivity contribution in [2.24, 2.45) is 5.41 Å². The van der Waals surface area contributed by atoms with Crippen LogP contribution in [0.5, 0.6) is 0 Å². The molecule has 0 saturated heterocycles. The fourth-order valence-electron chi connectivity index (χ4n) is 2.44. The predicted molar refractivity (Wildman–Crippen MR) is 70.3 cm³/mol. The van der Waals surface area contributed by atoms with E-state index < -0.39 is 10.0 Å². The van der Waals surface area contributed by atoms with Gasteiger partial charge in [0.05, 0.1) is 5.25 Å². The summed E-state index contributed by atoms with van der Waals surface area (Å²) in [5, 5.41) is -0.0907. The lowest BCUT2D eigenvalue weighted by atomic mass is 9.83. The Morgan fingerprint density at radius 3 is 2.29 bits per heavy atom. The first-order valence-electron chi connectivity index (χ1n) is 6.50. The van der Waals surface area contributed by atoms with Crippen LogP contribution in [0.25, 0.3) is 0 Å². The van der Waals surface area contributed by atoms with Gasteiger partial charge in [-0.25, -0.2) is 8.42 Å². The summed E-state index contributed by atoms with van der Waals surface area (Å²) < 4.78 is 26.1. The zero-order valence-corrected chi connectivity index (χ0v) is 11.9. The Labute approximate surface area is 105 Å². The van der Waals surface area contributed by atoms with Gasteiger partial charge >= 0.3 is 0 Å². The van der Waals surface area contributed by atoms with E-state index in [1.807, 2.05) is 0 Å². The van der Waals surface area contributed by atoms with Crippen LogP contribution in [0, 0.1) is 5.41 Å². The second-order valence-electron chi connectivity index (χ2n) is 6.19. The van der Waals surface area contributed by atoms with Crippen molar-refractivity contribution in [1.29, 1.82) is 0 Å². The van der Waals surface area contributed by atoms with Crippen LogP contribution in [-0.2, 0) is 10.0 Å². The molecule has 0 aromatic rings. The maximum absolute atomic E-state index is 12.2. The van der Waals surface area contributed by atoms with Gasteiger partial charge in [-0.3, -0.25) is 0 Å². The molecule has 98 valence electrons. The molecule has 1 saturated carbocycles. The van der Waals surface area contributed by atoms with Gasteiger partial charge in [0.2, 0.25) is 10.0 Å². The SMILES string of the molecule is CC(C)(C)C1=CCN(S(=O)(=O)C2CCC2)CC1. The standard InChI is InChI=1S/C13H23NO2S/c1-13(2,3)11-7-9-14(10-8-11)17(15,16)12-5-4-6-12/h7,12H,4-6,8-10H2,1-3H3. The quantitative estimate of drug-likeness (QED) is 0.713. The van der Waals surface area contributed by atoms with Crippen LogP contribution in [0.1, 0.15) is 46.5 Å². The number of nitrogens with zero attached hydrogens (tertiary/aromatic N) is 1. The smallest absolute Gasteiger partial charge is 0.212 e. The van der Waals surface area contributed by atoms with Gasteiger partial charge in [-0.05, 0) is 24.7 Å². The normalized spacial score (nSPS) is 24.3. The zero-order valence-electron chi connectivity index (χ0n) is 11.1. The van der Waals surface area contributed by atoms with Gasteiger partial charge in [-0.1, -0.05) is 38.8 Å². The summed E-state index contributed by atoms with van der Waals surface area (Å²) in [6, 6.07) is 0. The van der Waals surface area contributed by atoms with E-state index in [1.165, 1.54) is 5.57 Å². The minimum atomic E-state index is -3.01. The number of hydrogen-bond donors (Lipinski definition) is 0. The molecular weight excluding hydrogens is 234 g/mol. The molecule has 0 bridgehead atoms. The Morgan fingerprint density at radius 1 is 1.29 bits per heavy atom. The fourth-order valence-corrected chi connectivity index (χ4v) is 4.42. The second-order valence-corrected chi connectivity index (χ2v) is 8.40. The monoisotopic (exact) mass is 257 g/mol. The highest BCUT2D eigenvalue weighted by molar-refractivity contribution is 7.89. The predicted octanol–water partition coefficient (Wildman–Crippen LogP) is 2.55. The molecule has 0 atom stereocenters. The van der Waals surface area contributed by atoms with Crippen molar-refractivity contribution in [3.8, 4) is 0 Å². The fraction of sp³-hybridized carbons (Fsp3) is 0.846. The van der Waals surface area contributed by atoms with Gasteiger partial charge in [0.25, 0.3) is 0 Å². The van der Waals surface area contributed by atoms with Gasteiger partial charge in [0.15, 0.2) is 0 Å². The van der Waals surface area contributed by atoms with Crippen LogP contribution < -0.4 is 0 Å². The lowest BCUT2D eigenvalue weighted by molar-refractivity contribution is 0.369. The van der Waals surface area contributed by atoms with Crippen LogP contribution >= 0.6 is 0 Å². The minimum absolute atomic E-state index is 0.0907. The molecule has 17 heavy (non-hydrogen) atoms. The van der Waals surface area contributed by atoms with E-state index in [9.17, 15) is 8.42 Å². The van der Waals surface area contributed by atoms with Crippen LogP contribution in [0.2, 0.25) is 0 Å². The largest absolute Gasteiger partial charge is 0.217 e. The molecule has 0 aromatic heterocycles. The molecule has 2 aliphatic rings. The zero-order chi connectivity index (χ0) is 12.7. The van der Waals surface area contributed by atoms with Crippen LogP contribution in [0.3, 0.4) is 0 Å². The van der Waals surface area contributed by atoms with Gasteiger partial charge in [0.1, 0.15) is 0 Å². The molecule has 1 fully saturated rings. The Balaban J connectivity index is 2.06. The van der Waals surface area contributed by atoms with E-state index in [2.05, 4.69) is 26.8 Å². The highest BCUT2D eigenvalue weighted by Gasteiger charge is 2.37. The maximum Gasteiger partial charge on any atom is 0.217 e. The molecule has 4 heteroatoms. The van der Waals surface area contributed by atoms with Crippen molar-refractivity contribution < 1.29 is 8.42 Å². The summed E-state index contributed by atoms with van der Waals surface area (Å²) >= 11 is 0. The molecule has 0 unspecified atom stereocenters. The average Bonchev–Trinajstić information content (AvgIpc) is 2.13. The van der Waals surface area contributed by atoms with Crippen molar-refractivity contribution in [2.45, 2.75) is 51.7 Å². The minimum Gasteiger partial charge on any atom is -0.212 e. The van der Waals surface area contributed by atoms with Crippen LogP contribution in [0.4, 0.5) is 0 Å². The van der Waals surface area contributed by atoms with Crippen molar-refractivity contribution in [3.05, 3.63) is 11.6 Å². The van der Waals surface area contributed by atoms with Crippen molar-refractivity contribution >= 4 is 10.0 Å². The molecule has 3 nitrogen and oxygen atoms in total. The highest BCUT2D eigenvalue weighted by Crippen LogP contribution is 2.33. The molecule has 2 rings (SSSR count). The Kier molecular flexibility index (Phi) is 3.38. The summed E-state index contributed by atoms with van der Waals surface area (Å²) in [5.41, 5.74) is 1.56. The molecule has 0 spiro atoms. The Morgan fingerprint density at radius 2 is 1.94 bits per heavy atom.